The van der Waals surface area contributed by atoms with Crippen LogP contribution in [-0.2, 0) is 4.79 Å². The highest BCUT2D eigenvalue weighted by Crippen LogP contribution is 2.16. The van der Waals surface area contributed by atoms with Gasteiger partial charge in [0.05, 0.1) is 5.56 Å². The number of carbonyl (C=O) groups is 1. The van der Waals surface area contributed by atoms with Gasteiger partial charge in [-0.15, -0.1) is 0 Å². The molecule has 1 amide bonds. The van der Waals surface area contributed by atoms with Gasteiger partial charge in [0.2, 0.25) is 0 Å². The third-order valence-electron chi connectivity index (χ3n) is 3.15. The molecule has 0 aromatic heterocycles. The third kappa shape index (κ3) is 4.77. The van der Waals surface area contributed by atoms with Crippen LogP contribution in [0.2, 0.25) is 0 Å². The molecule has 0 bridgehead atoms. The van der Waals surface area contributed by atoms with Gasteiger partial charge in [-0.1, -0.05) is 24.3 Å². The summed E-state index contributed by atoms with van der Waals surface area (Å²) in [5, 5.41) is 12.9. The second-order valence-electron chi connectivity index (χ2n) is 4.75. The normalized spacial score (nSPS) is 17.4. The monoisotopic (exact) mass is 283 g/mol. The van der Waals surface area contributed by atoms with Gasteiger partial charge in [0.25, 0.3) is 5.91 Å². The first-order valence-corrected chi connectivity index (χ1v) is 6.88. The van der Waals surface area contributed by atoms with E-state index in [4.69, 9.17) is 10.00 Å². The fourth-order valence-corrected chi connectivity index (χ4v) is 2.03. The Labute approximate surface area is 123 Å². The van der Waals surface area contributed by atoms with Gasteiger partial charge in [-0.05, 0) is 37.3 Å². The van der Waals surface area contributed by atoms with E-state index in [1.54, 1.807) is 30.5 Å². The molecule has 1 atom stereocenters. The molecule has 21 heavy (non-hydrogen) atoms. The molecule has 1 N–H and O–H groups in total. The topological polar surface area (TPSA) is 74.5 Å². The average molecular weight is 283 g/mol. The Kier molecular flexibility index (Phi) is 5.53. The summed E-state index contributed by atoms with van der Waals surface area (Å²) >= 11 is 0. The van der Waals surface area contributed by atoms with E-state index in [-0.39, 0.29) is 12.5 Å². The number of rotatable bonds is 5. The quantitative estimate of drug-likeness (QED) is 0.512. The van der Waals surface area contributed by atoms with E-state index >= 15 is 0 Å². The second-order valence-corrected chi connectivity index (χ2v) is 4.75. The first kappa shape index (κ1) is 14.8. The minimum Gasteiger partial charge on any atom is -0.482 e. The van der Waals surface area contributed by atoms with Crippen molar-refractivity contribution in [2.75, 3.05) is 6.61 Å². The lowest BCUT2D eigenvalue weighted by Crippen LogP contribution is -2.25. The molecule has 1 aromatic rings. The molecule has 0 heterocycles. The van der Waals surface area contributed by atoms with Crippen molar-refractivity contribution in [3.8, 4) is 11.8 Å². The number of ether oxygens (including phenoxy) is 1. The molecule has 0 saturated heterocycles. The summed E-state index contributed by atoms with van der Waals surface area (Å²) in [6.45, 7) is -0.166. The molecule has 0 radical (unpaired) electrons. The summed E-state index contributed by atoms with van der Waals surface area (Å²) in [4.78, 5) is 11.6. The summed E-state index contributed by atoms with van der Waals surface area (Å²) in [7, 11) is 0. The molecule has 0 aliphatic heterocycles. The highest BCUT2D eigenvalue weighted by atomic mass is 16.5. The van der Waals surface area contributed by atoms with Crippen molar-refractivity contribution in [2.45, 2.75) is 19.3 Å². The van der Waals surface area contributed by atoms with Crippen molar-refractivity contribution in [3.63, 3.8) is 0 Å². The first-order chi connectivity index (χ1) is 10.3. The third-order valence-corrected chi connectivity index (χ3v) is 3.15. The maximum atomic E-state index is 11.6. The molecule has 0 spiro atoms. The minimum atomic E-state index is -0.342. The largest absolute Gasteiger partial charge is 0.482 e. The van der Waals surface area contributed by atoms with E-state index in [0.717, 1.165) is 19.3 Å². The lowest BCUT2D eigenvalue weighted by Gasteiger charge is -2.11. The van der Waals surface area contributed by atoms with Crippen LogP contribution in [0.3, 0.4) is 0 Å². The molecular weight excluding hydrogens is 266 g/mol. The van der Waals surface area contributed by atoms with Crippen molar-refractivity contribution in [1.82, 2.24) is 5.43 Å². The number of para-hydroxylation sites is 1. The van der Waals surface area contributed by atoms with Gasteiger partial charge in [-0.2, -0.15) is 10.4 Å². The number of nitrogens with one attached hydrogen (secondary N) is 1. The fourth-order valence-electron chi connectivity index (χ4n) is 2.03. The highest BCUT2D eigenvalue weighted by Gasteiger charge is 2.08. The standard InChI is InChI=1S/C16H17N3O2/c17-10-14-8-4-5-9-15(14)21-12-16(20)19-18-11-13-6-2-1-3-7-13/h1-2,4-5,8-9,11,13H,3,6-7,12H2,(H,19,20)/b18-11-/t13-/m0/s1. The summed E-state index contributed by atoms with van der Waals surface area (Å²) in [5.74, 6) is 0.442. The lowest BCUT2D eigenvalue weighted by molar-refractivity contribution is -0.123. The van der Waals surface area contributed by atoms with Gasteiger partial charge < -0.3 is 4.74 Å². The van der Waals surface area contributed by atoms with E-state index in [2.05, 4.69) is 22.7 Å². The molecular formula is C16H17N3O2. The number of benzene rings is 1. The van der Waals surface area contributed by atoms with Crippen LogP contribution in [0.25, 0.3) is 0 Å². The van der Waals surface area contributed by atoms with Crippen LogP contribution in [0.5, 0.6) is 5.75 Å². The van der Waals surface area contributed by atoms with Crippen LogP contribution in [0, 0.1) is 17.2 Å². The van der Waals surface area contributed by atoms with E-state index in [1.807, 2.05) is 6.07 Å². The molecule has 0 saturated carbocycles. The van der Waals surface area contributed by atoms with Crippen LogP contribution in [0.15, 0.2) is 41.5 Å². The zero-order valence-electron chi connectivity index (χ0n) is 11.7. The zero-order valence-corrected chi connectivity index (χ0v) is 11.7. The molecule has 1 aliphatic carbocycles. The number of allylic oxidation sites excluding steroid dienone is 2. The Morgan fingerprint density at radius 2 is 2.33 bits per heavy atom. The molecule has 1 aromatic carbocycles. The summed E-state index contributed by atoms with van der Waals surface area (Å²) in [6.07, 6.45) is 9.13. The number of hydrazone groups is 1. The Morgan fingerprint density at radius 3 is 3.10 bits per heavy atom. The van der Waals surface area contributed by atoms with Gasteiger partial charge in [-0.3, -0.25) is 4.79 Å². The summed E-state index contributed by atoms with van der Waals surface area (Å²) in [5.41, 5.74) is 2.84. The van der Waals surface area contributed by atoms with Crippen LogP contribution in [0.1, 0.15) is 24.8 Å². The molecule has 1 aliphatic rings. The van der Waals surface area contributed by atoms with Crippen molar-refractivity contribution in [3.05, 3.63) is 42.0 Å². The van der Waals surface area contributed by atoms with E-state index in [9.17, 15) is 4.79 Å². The molecule has 5 heteroatoms. The van der Waals surface area contributed by atoms with Crippen LogP contribution in [-0.4, -0.2) is 18.7 Å². The maximum absolute atomic E-state index is 11.6. The summed E-state index contributed by atoms with van der Waals surface area (Å²) in [6, 6.07) is 8.81. The van der Waals surface area contributed by atoms with E-state index in [0.29, 0.717) is 17.2 Å². The SMILES string of the molecule is N#Cc1ccccc1OCC(=O)N/N=C\[C@H]1CC=CCC1. The fraction of sp³-hybridized carbons (Fsp3) is 0.312. The van der Waals surface area contributed by atoms with Crippen molar-refractivity contribution in [1.29, 1.82) is 5.26 Å². The Bertz CT molecular complexity index is 587. The zero-order chi connectivity index (χ0) is 14.9. The lowest BCUT2D eigenvalue weighted by atomic mass is 9.96. The highest BCUT2D eigenvalue weighted by molar-refractivity contribution is 5.78. The van der Waals surface area contributed by atoms with Gasteiger partial charge in [0.1, 0.15) is 11.8 Å². The second kappa shape index (κ2) is 7.85. The number of hydrogen-bond donors (Lipinski definition) is 1. The molecule has 5 nitrogen and oxygen atoms in total. The first-order valence-electron chi connectivity index (χ1n) is 6.88. The summed E-state index contributed by atoms with van der Waals surface area (Å²) < 4.78 is 5.31. The number of amides is 1. The van der Waals surface area contributed by atoms with E-state index in [1.165, 1.54) is 0 Å². The maximum Gasteiger partial charge on any atom is 0.277 e. The van der Waals surface area contributed by atoms with Crippen LogP contribution >= 0.6 is 0 Å². The van der Waals surface area contributed by atoms with Gasteiger partial charge in [-0.25, -0.2) is 5.43 Å². The predicted molar refractivity (Wildman–Crippen MR) is 79.8 cm³/mol. The molecule has 0 fully saturated rings. The van der Waals surface area contributed by atoms with Gasteiger partial charge in [0, 0.05) is 6.21 Å². The number of nitrogens with zero attached hydrogens (tertiary/aromatic N) is 2. The number of carbonyl (C=O) groups excluding carboxylic acids is 1. The Balaban J connectivity index is 1.76. The van der Waals surface area contributed by atoms with Crippen molar-refractivity contribution in [2.24, 2.45) is 11.0 Å². The molecule has 2 rings (SSSR count). The number of hydrogen-bond acceptors (Lipinski definition) is 4. The molecule has 0 unspecified atom stereocenters. The van der Waals surface area contributed by atoms with E-state index < -0.39 is 0 Å². The van der Waals surface area contributed by atoms with Gasteiger partial charge in [0.15, 0.2) is 6.61 Å². The Morgan fingerprint density at radius 1 is 1.48 bits per heavy atom. The Hall–Kier alpha value is -2.61. The van der Waals surface area contributed by atoms with Crippen LogP contribution in [0.4, 0.5) is 0 Å². The van der Waals surface area contributed by atoms with Gasteiger partial charge >= 0.3 is 0 Å². The predicted octanol–water partition coefficient (Wildman–Crippen LogP) is 2.40. The minimum absolute atomic E-state index is 0.166. The van der Waals surface area contributed by atoms with Crippen LogP contribution < -0.4 is 10.2 Å². The number of nitriles is 1. The van der Waals surface area contributed by atoms with Crippen molar-refractivity contribution < 1.29 is 9.53 Å². The smallest absolute Gasteiger partial charge is 0.277 e. The average Bonchev–Trinajstić information content (AvgIpc) is 2.54. The van der Waals surface area contributed by atoms with Crippen molar-refractivity contribution >= 4 is 12.1 Å². The molecule has 108 valence electrons.